The van der Waals surface area contributed by atoms with Crippen LogP contribution in [0.5, 0.6) is 0 Å². The number of hydrogen-bond acceptors (Lipinski definition) is 7. The van der Waals surface area contributed by atoms with Crippen LogP contribution in [0.1, 0.15) is 48.7 Å². The molecule has 7 heteroatoms. The number of benzene rings is 1. The second-order valence-electron chi connectivity index (χ2n) is 8.79. The molecule has 0 aliphatic carbocycles. The summed E-state index contributed by atoms with van der Waals surface area (Å²) in [4.78, 5) is 9.42. The number of nitrogens with one attached hydrogen (secondary N) is 1. The molecule has 0 unspecified atom stereocenters. The van der Waals surface area contributed by atoms with Crippen LogP contribution < -0.4 is 10.2 Å². The van der Waals surface area contributed by atoms with Gasteiger partial charge in [-0.1, -0.05) is 19.1 Å². The molecule has 0 radical (unpaired) electrons. The molecule has 1 aromatic carbocycles. The molecular formula is C25H31N7. The fraction of sp³-hybridized carbons (Fsp3) is 0.440. The Bertz CT molecular complexity index is 1160. The van der Waals surface area contributed by atoms with Crippen LogP contribution in [0.4, 0.5) is 11.6 Å². The van der Waals surface area contributed by atoms with Crippen molar-refractivity contribution in [1.82, 2.24) is 20.1 Å². The zero-order chi connectivity index (χ0) is 22.8. The second kappa shape index (κ2) is 9.09. The highest BCUT2D eigenvalue weighted by atomic mass is 15.3. The van der Waals surface area contributed by atoms with Crippen LogP contribution in [0.25, 0.3) is 10.8 Å². The van der Waals surface area contributed by atoms with Crippen molar-refractivity contribution < 1.29 is 0 Å². The first kappa shape index (κ1) is 22.0. The highest BCUT2D eigenvalue weighted by Gasteiger charge is 2.25. The first-order chi connectivity index (χ1) is 15.4. The summed E-state index contributed by atoms with van der Waals surface area (Å²) in [6.07, 6.45) is 3.88. The van der Waals surface area contributed by atoms with E-state index in [1.54, 1.807) is 0 Å². The molecule has 3 heterocycles. The zero-order valence-electron chi connectivity index (χ0n) is 19.6. The average molecular weight is 430 g/mol. The summed E-state index contributed by atoms with van der Waals surface area (Å²) in [5.74, 6) is 1.73. The lowest BCUT2D eigenvalue weighted by atomic mass is 9.98. The van der Waals surface area contributed by atoms with Crippen LogP contribution >= 0.6 is 0 Å². The molecule has 1 N–H and O–H groups in total. The maximum Gasteiger partial charge on any atom is 0.157 e. The van der Waals surface area contributed by atoms with Crippen molar-refractivity contribution in [3.63, 3.8) is 0 Å². The summed E-state index contributed by atoms with van der Waals surface area (Å²) < 4.78 is 0. The van der Waals surface area contributed by atoms with Gasteiger partial charge in [-0.05, 0) is 64.0 Å². The number of hydrogen-bond donors (Lipinski definition) is 1. The maximum absolute atomic E-state index is 9.39. The minimum atomic E-state index is -0.0187. The molecule has 0 bridgehead atoms. The monoisotopic (exact) mass is 429 g/mol. The van der Waals surface area contributed by atoms with E-state index >= 15 is 0 Å². The topological polar surface area (TPSA) is 81.0 Å². The Morgan fingerprint density at radius 3 is 2.78 bits per heavy atom. The quantitative estimate of drug-likeness (QED) is 0.632. The fourth-order valence-corrected chi connectivity index (χ4v) is 4.53. The van der Waals surface area contributed by atoms with Crippen molar-refractivity contribution in [2.24, 2.45) is 0 Å². The minimum Gasteiger partial charge on any atom is -0.362 e. The van der Waals surface area contributed by atoms with E-state index in [2.05, 4.69) is 71.5 Å². The highest BCUT2D eigenvalue weighted by Crippen LogP contribution is 2.31. The average Bonchev–Trinajstić information content (AvgIpc) is 3.30. The summed E-state index contributed by atoms with van der Waals surface area (Å²) in [5.41, 5.74) is 3.73. The van der Waals surface area contributed by atoms with Crippen molar-refractivity contribution in [1.29, 1.82) is 5.26 Å². The van der Waals surface area contributed by atoms with E-state index < -0.39 is 0 Å². The summed E-state index contributed by atoms with van der Waals surface area (Å²) in [5, 5.41) is 24.0. The molecule has 0 spiro atoms. The van der Waals surface area contributed by atoms with E-state index in [4.69, 9.17) is 4.98 Å². The Morgan fingerprint density at radius 2 is 2.09 bits per heavy atom. The van der Waals surface area contributed by atoms with Crippen LogP contribution in [-0.4, -0.2) is 53.3 Å². The lowest BCUT2D eigenvalue weighted by Gasteiger charge is -2.22. The van der Waals surface area contributed by atoms with E-state index in [0.717, 1.165) is 65.2 Å². The summed E-state index contributed by atoms with van der Waals surface area (Å²) in [6, 6.07) is 10.8. The van der Waals surface area contributed by atoms with Gasteiger partial charge in [0.15, 0.2) is 5.82 Å². The van der Waals surface area contributed by atoms with Gasteiger partial charge in [0.2, 0.25) is 0 Å². The van der Waals surface area contributed by atoms with Crippen LogP contribution in [-0.2, 0) is 6.42 Å². The van der Waals surface area contributed by atoms with Crippen molar-refractivity contribution in [3.8, 4) is 6.07 Å². The molecule has 1 saturated heterocycles. The molecule has 1 aliphatic heterocycles. The number of likely N-dealkylation sites (N-methyl/N-ethyl adjacent to an activating group) is 1. The number of aryl methyl sites for hydroxylation is 1. The third-order valence-corrected chi connectivity index (χ3v) is 6.59. The SMILES string of the molecule is CCc1nnc(N[C@H](C)c2cccc(C#N)c2C)c2cc(N3CC[C@@H](N(C)C)C3)ncc12. The van der Waals surface area contributed by atoms with Gasteiger partial charge in [0, 0.05) is 36.1 Å². The Kier molecular flexibility index (Phi) is 6.24. The number of pyridine rings is 1. The van der Waals surface area contributed by atoms with Gasteiger partial charge in [0.25, 0.3) is 0 Å². The van der Waals surface area contributed by atoms with Crippen molar-refractivity contribution in [3.05, 3.63) is 52.8 Å². The second-order valence-corrected chi connectivity index (χ2v) is 8.79. The molecule has 7 nitrogen and oxygen atoms in total. The molecule has 1 fully saturated rings. The smallest absolute Gasteiger partial charge is 0.157 e. The standard InChI is InChI=1S/C25H31N7/c1-6-23-22-14-27-24(32-11-10-19(15-32)31(4)5)12-21(22)25(30-29-23)28-17(3)20-9-7-8-18(13-26)16(20)2/h7-9,12,14,17,19H,6,10-11,15H2,1-5H3,(H,28,30)/t17-,19-/m1/s1. The van der Waals surface area contributed by atoms with Gasteiger partial charge in [0.1, 0.15) is 5.82 Å². The molecule has 3 aromatic rings. The molecule has 0 amide bonds. The van der Waals surface area contributed by atoms with E-state index in [1.807, 2.05) is 25.3 Å². The number of anilines is 2. The van der Waals surface area contributed by atoms with Gasteiger partial charge < -0.3 is 15.1 Å². The third-order valence-electron chi connectivity index (χ3n) is 6.59. The predicted molar refractivity (Wildman–Crippen MR) is 129 cm³/mol. The van der Waals surface area contributed by atoms with Crippen LogP contribution in [0.3, 0.4) is 0 Å². The Labute approximate surface area is 190 Å². The molecule has 2 atom stereocenters. The lowest BCUT2D eigenvalue weighted by molar-refractivity contribution is 0.315. The van der Waals surface area contributed by atoms with Crippen LogP contribution in [0.15, 0.2) is 30.5 Å². The molecule has 0 saturated carbocycles. The highest BCUT2D eigenvalue weighted by molar-refractivity contribution is 5.94. The maximum atomic E-state index is 9.39. The van der Waals surface area contributed by atoms with Gasteiger partial charge in [-0.25, -0.2) is 4.98 Å². The van der Waals surface area contributed by atoms with Gasteiger partial charge in [-0.2, -0.15) is 10.4 Å². The van der Waals surface area contributed by atoms with Gasteiger partial charge >= 0.3 is 0 Å². The molecule has 32 heavy (non-hydrogen) atoms. The summed E-state index contributed by atoms with van der Waals surface area (Å²) >= 11 is 0. The Hall–Kier alpha value is -3.24. The zero-order valence-corrected chi connectivity index (χ0v) is 19.6. The van der Waals surface area contributed by atoms with Gasteiger partial charge in [-0.3, -0.25) is 0 Å². The number of nitrogens with zero attached hydrogens (tertiary/aromatic N) is 6. The van der Waals surface area contributed by atoms with E-state index in [1.165, 1.54) is 0 Å². The van der Waals surface area contributed by atoms with E-state index in [-0.39, 0.29) is 6.04 Å². The number of aromatic nitrogens is 3. The summed E-state index contributed by atoms with van der Waals surface area (Å²) in [7, 11) is 4.27. The first-order valence-corrected chi connectivity index (χ1v) is 11.3. The van der Waals surface area contributed by atoms with Crippen molar-refractivity contribution in [2.75, 3.05) is 37.4 Å². The molecule has 4 rings (SSSR count). The largest absolute Gasteiger partial charge is 0.362 e. The van der Waals surface area contributed by atoms with Gasteiger partial charge in [0.05, 0.1) is 23.4 Å². The lowest BCUT2D eigenvalue weighted by Crippen LogP contribution is -2.31. The minimum absolute atomic E-state index is 0.0187. The summed E-state index contributed by atoms with van der Waals surface area (Å²) in [6.45, 7) is 8.15. The van der Waals surface area contributed by atoms with Crippen LogP contribution in [0.2, 0.25) is 0 Å². The fourth-order valence-electron chi connectivity index (χ4n) is 4.53. The third kappa shape index (κ3) is 4.11. The number of rotatable bonds is 6. The van der Waals surface area contributed by atoms with Crippen LogP contribution in [0, 0.1) is 18.3 Å². The first-order valence-electron chi connectivity index (χ1n) is 11.3. The normalized spacial score (nSPS) is 17.0. The van der Waals surface area contributed by atoms with Crippen molar-refractivity contribution in [2.45, 2.75) is 45.7 Å². The molecule has 166 valence electrons. The Balaban J connectivity index is 1.70. The Morgan fingerprint density at radius 1 is 1.28 bits per heavy atom. The molecular weight excluding hydrogens is 398 g/mol. The number of nitriles is 1. The van der Waals surface area contributed by atoms with Gasteiger partial charge in [-0.15, -0.1) is 5.10 Å². The molecule has 1 aliphatic rings. The van der Waals surface area contributed by atoms with E-state index in [9.17, 15) is 5.26 Å². The number of fused-ring (bicyclic) bond motifs is 1. The van der Waals surface area contributed by atoms with Crippen molar-refractivity contribution >= 4 is 22.4 Å². The van der Waals surface area contributed by atoms with E-state index in [0.29, 0.717) is 11.6 Å². The predicted octanol–water partition coefficient (Wildman–Crippen LogP) is 4.08. The molecule has 2 aromatic heterocycles.